The number of ether oxygens (including phenoxy) is 1. The smallest absolute Gasteiger partial charge is 0.224 e. The number of carbonyl (C=O) groups excluding carboxylic acids is 2. The molecule has 0 saturated carbocycles. The number of primary amides is 2. The van der Waals surface area contributed by atoms with E-state index in [9.17, 15) is 9.59 Å². The molecule has 1 atom stereocenters. The molecule has 1 unspecified atom stereocenters. The summed E-state index contributed by atoms with van der Waals surface area (Å²) >= 11 is 0. The first-order valence-corrected chi connectivity index (χ1v) is 7.40. The van der Waals surface area contributed by atoms with Gasteiger partial charge in [-0.3, -0.25) is 9.59 Å². The maximum Gasteiger partial charge on any atom is 0.224 e. The molecule has 4 N–H and O–H groups in total. The fourth-order valence-electron chi connectivity index (χ4n) is 2.30. The van der Waals surface area contributed by atoms with Crippen molar-refractivity contribution in [1.82, 2.24) is 0 Å². The van der Waals surface area contributed by atoms with Gasteiger partial charge in [-0.1, -0.05) is 42.5 Å². The normalized spacial score (nSPS) is 11.7. The number of benzene rings is 2. The van der Waals surface area contributed by atoms with Crippen molar-refractivity contribution in [3.8, 4) is 5.75 Å². The highest BCUT2D eigenvalue weighted by Gasteiger charge is 2.18. The summed E-state index contributed by atoms with van der Waals surface area (Å²) in [5, 5.41) is 0. The molecule has 0 radical (unpaired) electrons. The molecule has 0 saturated heterocycles. The van der Waals surface area contributed by atoms with E-state index in [1.54, 1.807) is 24.3 Å². The van der Waals surface area contributed by atoms with Crippen LogP contribution >= 0.6 is 0 Å². The SMILES string of the molecule is NC(=O)CCC(C(N)=O)c1ccc(OCc2ccccc2)cc1. The predicted molar refractivity (Wildman–Crippen MR) is 87.6 cm³/mol. The third kappa shape index (κ3) is 5.14. The summed E-state index contributed by atoms with van der Waals surface area (Å²) in [6.45, 7) is 0.473. The van der Waals surface area contributed by atoms with E-state index < -0.39 is 17.7 Å². The van der Waals surface area contributed by atoms with Crippen molar-refractivity contribution in [2.45, 2.75) is 25.4 Å². The second-order valence-corrected chi connectivity index (χ2v) is 5.30. The molecule has 0 aliphatic heterocycles. The number of carbonyl (C=O) groups is 2. The number of rotatable bonds is 8. The fourth-order valence-corrected chi connectivity index (χ4v) is 2.30. The lowest BCUT2D eigenvalue weighted by molar-refractivity contribution is -0.120. The molecule has 2 amide bonds. The first-order valence-electron chi connectivity index (χ1n) is 7.40. The molecule has 0 bridgehead atoms. The second-order valence-electron chi connectivity index (χ2n) is 5.30. The molecule has 23 heavy (non-hydrogen) atoms. The first kappa shape index (κ1) is 16.5. The van der Waals surface area contributed by atoms with E-state index >= 15 is 0 Å². The molecule has 0 aliphatic rings. The van der Waals surface area contributed by atoms with Crippen molar-refractivity contribution in [3.05, 3.63) is 65.7 Å². The van der Waals surface area contributed by atoms with Crippen LogP contribution in [0.4, 0.5) is 0 Å². The average Bonchev–Trinajstić information content (AvgIpc) is 2.54. The van der Waals surface area contributed by atoms with E-state index in [1.807, 2.05) is 30.3 Å². The molecule has 2 aromatic carbocycles. The molecule has 0 spiro atoms. The summed E-state index contributed by atoms with van der Waals surface area (Å²) in [6, 6.07) is 17.0. The standard InChI is InChI=1S/C18H20N2O3/c19-17(21)11-10-16(18(20)22)14-6-8-15(9-7-14)23-12-13-4-2-1-3-5-13/h1-9,16H,10-12H2,(H2,19,21)(H2,20,22). The van der Waals surface area contributed by atoms with Gasteiger partial charge in [0.05, 0.1) is 5.92 Å². The Morgan fingerprint density at radius 2 is 1.61 bits per heavy atom. The van der Waals surface area contributed by atoms with Gasteiger partial charge in [0.1, 0.15) is 12.4 Å². The predicted octanol–water partition coefficient (Wildman–Crippen LogP) is 2.10. The average molecular weight is 312 g/mol. The van der Waals surface area contributed by atoms with Crippen molar-refractivity contribution >= 4 is 11.8 Å². The Morgan fingerprint density at radius 3 is 2.17 bits per heavy atom. The topological polar surface area (TPSA) is 95.4 Å². The fraction of sp³-hybridized carbons (Fsp3) is 0.222. The zero-order valence-corrected chi connectivity index (χ0v) is 12.8. The van der Waals surface area contributed by atoms with Gasteiger partial charge in [-0.25, -0.2) is 0 Å². The minimum atomic E-state index is -0.523. The second kappa shape index (κ2) is 7.98. The van der Waals surface area contributed by atoms with Crippen molar-refractivity contribution in [3.63, 3.8) is 0 Å². The Morgan fingerprint density at radius 1 is 0.957 bits per heavy atom. The van der Waals surface area contributed by atoms with Gasteiger partial charge >= 0.3 is 0 Å². The molecule has 5 nitrogen and oxygen atoms in total. The zero-order chi connectivity index (χ0) is 16.7. The maximum absolute atomic E-state index is 11.5. The van der Waals surface area contributed by atoms with Crippen LogP contribution in [0.15, 0.2) is 54.6 Å². The van der Waals surface area contributed by atoms with Gasteiger partial charge in [-0.2, -0.15) is 0 Å². The maximum atomic E-state index is 11.5. The number of hydrogen-bond donors (Lipinski definition) is 2. The minimum absolute atomic E-state index is 0.125. The van der Waals surface area contributed by atoms with E-state index in [0.717, 1.165) is 11.1 Å². The summed E-state index contributed by atoms with van der Waals surface area (Å²) in [5.41, 5.74) is 12.4. The van der Waals surface area contributed by atoms with Crippen LogP contribution in [0.1, 0.15) is 29.9 Å². The zero-order valence-electron chi connectivity index (χ0n) is 12.8. The van der Waals surface area contributed by atoms with Gasteiger partial charge in [0.2, 0.25) is 11.8 Å². The van der Waals surface area contributed by atoms with E-state index in [0.29, 0.717) is 18.8 Å². The lowest BCUT2D eigenvalue weighted by Crippen LogP contribution is -2.23. The van der Waals surface area contributed by atoms with Gasteiger partial charge in [0.25, 0.3) is 0 Å². The minimum Gasteiger partial charge on any atom is -0.489 e. The molecular formula is C18H20N2O3. The van der Waals surface area contributed by atoms with Gasteiger partial charge in [-0.05, 0) is 29.7 Å². The van der Waals surface area contributed by atoms with Crippen LogP contribution in [0.2, 0.25) is 0 Å². The van der Waals surface area contributed by atoms with Gasteiger partial charge in [-0.15, -0.1) is 0 Å². The quantitative estimate of drug-likeness (QED) is 0.781. The largest absolute Gasteiger partial charge is 0.489 e. The molecule has 2 rings (SSSR count). The highest BCUT2D eigenvalue weighted by Crippen LogP contribution is 2.24. The number of hydrogen-bond acceptors (Lipinski definition) is 3. The lowest BCUT2D eigenvalue weighted by atomic mass is 9.93. The molecule has 0 heterocycles. The van der Waals surface area contributed by atoms with Gasteiger partial charge in [0, 0.05) is 6.42 Å². The van der Waals surface area contributed by atoms with E-state index in [4.69, 9.17) is 16.2 Å². The van der Waals surface area contributed by atoms with Crippen molar-refractivity contribution in [2.75, 3.05) is 0 Å². The Kier molecular flexibility index (Phi) is 5.74. The summed E-state index contributed by atoms with van der Waals surface area (Å²) in [6.07, 6.45) is 0.439. The van der Waals surface area contributed by atoms with Crippen molar-refractivity contribution in [1.29, 1.82) is 0 Å². The van der Waals surface area contributed by atoms with E-state index in [-0.39, 0.29) is 6.42 Å². The molecule has 5 heteroatoms. The van der Waals surface area contributed by atoms with Gasteiger partial charge < -0.3 is 16.2 Å². The molecule has 120 valence electrons. The van der Waals surface area contributed by atoms with Crippen LogP contribution in [0.3, 0.4) is 0 Å². The molecule has 0 aliphatic carbocycles. The van der Waals surface area contributed by atoms with Crippen LogP contribution in [0, 0.1) is 0 Å². The summed E-state index contributed by atoms with van der Waals surface area (Å²) < 4.78 is 5.70. The van der Waals surface area contributed by atoms with Gasteiger partial charge in [0.15, 0.2) is 0 Å². The Bertz CT molecular complexity index is 654. The monoisotopic (exact) mass is 312 g/mol. The third-order valence-corrected chi connectivity index (χ3v) is 3.55. The highest BCUT2D eigenvalue weighted by atomic mass is 16.5. The van der Waals surface area contributed by atoms with E-state index in [2.05, 4.69) is 0 Å². The Hall–Kier alpha value is -2.82. The molecule has 2 aromatic rings. The van der Waals surface area contributed by atoms with Crippen LogP contribution < -0.4 is 16.2 Å². The van der Waals surface area contributed by atoms with Crippen LogP contribution in [0.5, 0.6) is 5.75 Å². The number of nitrogens with two attached hydrogens (primary N) is 2. The molecule has 0 aromatic heterocycles. The summed E-state index contributed by atoms with van der Waals surface area (Å²) in [5.74, 6) is -0.732. The van der Waals surface area contributed by atoms with E-state index in [1.165, 1.54) is 0 Å². The Labute approximate surface area is 135 Å². The van der Waals surface area contributed by atoms with Crippen LogP contribution in [-0.4, -0.2) is 11.8 Å². The molecular weight excluding hydrogens is 292 g/mol. The van der Waals surface area contributed by atoms with Crippen molar-refractivity contribution < 1.29 is 14.3 Å². The van der Waals surface area contributed by atoms with Crippen molar-refractivity contribution in [2.24, 2.45) is 11.5 Å². The van der Waals surface area contributed by atoms with Crippen LogP contribution in [-0.2, 0) is 16.2 Å². The lowest BCUT2D eigenvalue weighted by Gasteiger charge is -2.14. The van der Waals surface area contributed by atoms with Crippen LogP contribution in [0.25, 0.3) is 0 Å². The first-order chi connectivity index (χ1) is 11.1. The third-order valence-electron chi connectivity index (χ3n) is 3.55. The number of amides is 2. The summed E-state index contributed by atoms with van der Waals surface area (Å²) in [7, 11) is 0. The Balaban J connectivity index is 1.99. The highest BCUT2D eigenvalue weighted by molar-refractivity contribution is 5.83. The molecule has 0 fully saturated rings. The summed E-state index contributed by atoms with van der Waals surface area (Å²) in [4.78, 5) is 22.4.